The van der Waals surface area contributed by atoms with Gasteiger partial charge < -0.3 is 0 Å². The Kier molecular flexibility index (Phi) is 4.47. The minimum absolute atomic E-state index is 0.268. The summed E-state index contributed by atoms with van der Waals surface area (Å²) >= 11 is 1.52. The van der Waals surface area contributed by atoms with Crippen LogP contribution in [0.15, 0.2) is 30.3 Å². The molecule has 2 unspecified atom stereocenters. The Hall–Kier alpha value is -0.800. The fourth-order valence-corrected chi connectivity index (χ4v) is 4.55. The number of hydrogen-bond donors (Lipinski definition) is 0. The summed E-state index contributed by atoms with van der Waals surface area (Å²) in [6, 6.07) is 12.3. The van der Waals surface area contributed by atoms with Crippen LogP contribution in [0.2, 0.25) is 0 Å². The van der Waals surface area contributed by atoms with E-state index >= 15 is 0 Å². The molecule has 0 radical (unpaired) electrons. The standard InChI is InChI=1S/C17H23NOS/c1-13(19)20-12-15-9-16-7-8-17(10-15)18(16)11-14-5-3-2-4-6-14/h2-6,15-17H,7-12H2,1H3. The maximum absolute atomic E-state index is 11.1. The minimum Gasteiger partial charge on any atom is -0.293 e. The largest absolute Gasteiger partial charge is 0.293 e. The van der Waals surface area contributed by atoms with Gasteiger partial charge in [-0.3, -0.25) is 9.69 Å². The maximum atomic E-state index is 11.1. The first-order chi connectivity index (χ1) is 9.72. The monoisotopic (exact) mass is 289 g/mol. The van der Waals surface area contributed by atoms with E-state index in [0.717, 1.165) is 30.3 Å². The van der Waals surface area contributed by atoms with Crippen LogP contribution in [0.5, 0.6) is 0 Å². The van der Waals surface area contributed by atoms with E-state index in [1.807, 2.05) is 0 Å². The summed E-state index contributed by atoms with van der Waals surface area (Å²) in [6.45, 7) is 2.78. The Morgan fingerprint density at radius 1 is 1.20 bits per heavy atom. The molecule has 0 aromatic heterocycles. The van der Waals surface area contributed by atoms with Crippen LogP contribution in [0.25, 0.3) is 0 Å². The Labute approximate surface area is 125 Å². The molecule has 108 valence electrons. The van der Waals surface area contributed by atoms with E-state index in [0.29, 0.717) is 0 Å². The van der Waals surface area contributed by atoms with Crippen molar-refractivity contribution in [3.05, 3.63) is 35.9 Å². The first kappa shape index (κ1) is 14.2. The van der Waals surface area contributed by atoms with Crippen molar-refractivity contribution in [3.8, 4) is 0 Å². The molecule has 1 aromatic carbocycles. The molecule has 2 aliphatic rings. The Bertz CT molecular complexity index is 447. The van der Waals surface area contributed by atoms with Gasteiger partial charge in [-0.05, 0) is 37.2 Å². The van der Waals surface area contributed by atoms with Crippen molar-refractivity contribution in [1.29, 1.82) is 0 Å². The zero-order valence-corrected chi connectivity index (χ0v) is 12.9. The molecule has 0 aliphatic carbocycles. The van der Waals surface area contributed by atoms with Crippen molar-refractivity contribution < 1.29 is 4.79 Å². The van der Waals surface area contributed by atoms with Gasteiger partial charge >= 0.3 is 0 Å². The molecule has 0 spiro atoms. The quantitative estimate of drug-likeness (QED) is 0.843. The van der Waals surface area contributed by atoms with Crippen molar-refractivity contribution >= 4 is 16.9 Å². The molecule has 2 bridgehead atoms. The highest BCUT2D eigenvalue weighted by Crippen LogP contribution is 2.40. The van der Waals surface area contributed by atoms with E-state index in [9.17, 15) is 4.79 Å². The number of fused-ring (bicyclic) bond motifs is 2. The highest BCUT2D eigenvalue weighted by atomic mass is 32.2. The molecule has 20 heavy (non-hydrogen) atoms. The fraction of sp³-hybridized carbons (Fsp3) is 0.588. The predicted octanol–water partition coefficient (Wildman–Crippen LogP) is 3.71. The van der Waals surface area contributed by atoms with Crippen LogP contribution in [0.1, 0.15) is 38.2 Å². The van der Waals surface area contributed by atoms with Gasteiger partial charge in [-0.25, -0.2) is 0 Å². The molecule has 2 aliphatic heterocycles. The summed E-state index contributed by atoms with van der Waals surface area (Å²) in [5, 5.41) is 0.268. The predicted molar refractivity (Wildman–Crippen MR) is 84.7 cm³/mol. The third-order valence-corrected chi connectivity index (χ3v) is 5.76. The van der Waals surface area contributed by atoms with E-state index in [-0.39, 0.29) is 5.12 Å². The first-order valence-corrected chi connectivity index (χ1v) is 8.64. The average molecular weight is 289 g/mol. The summed E-state index contributed by atoms with van der Waals surface area (Å²) in [5.74, 6) is 1.77. The van der Waals surface area contributed by atoms with Crippen molar-refractivity contribution in [1.82, 2.24) is 4.90 Å². The van der Waals surface area contributed by atoms with E-state index in [2.05, 4.69) is 35.2 Å². The number of nitrogens with zero attached hydrogens (tertiary/aromatic N) is 1. The van der Waals surface area contributed by atoms with E-state index in [1.165, 1.54) is 43.0 Å². The number of hydrogen-bond acceptors (Lipinski definition) is 3. The molecule has 3 rings (SSSR count). The average Bonchev–Trinajstić information content (AvgIpc) is 2.69. The van der Waals surface area contributed by atoms with Gasteiger partial charge in [0.15, 0.2) is 5.12 Å². The SMILES string of the molecule is CC(=O)SCC1CC2CCC(C1)N2Cc1ccccc1. The second-order valence-corrected chi connectivity index (χ2v) is 7.38. The lowest BCUT2D eigenvalue weighted by Crippen LogP contribution is -2.42. The minimum atomic E-state index is 0.268. The fourth-order valence-electron chi connectivity index (χ4n) is 3.81. The summed E-state index contributed by atoms with van der Waals surface area (Å²) < 4.78 is 0. The van der Waals surface area contributed by atoms with E-state index in [1.54, 1.807) is 6.92 Å². The lowest BCUT2D eigenvalue weighted by Gasteiger charge is -2.39. The number of rotatable bonds is 4. The number of carbonyl (C=O) groups excluding carboxylic acids is 1. The van der Waals surface area contributed by atoms with Gasteiger partial charge in [0, 0.05) is 31.3 Å². The topological polar surface area (TPSA) is 20.3 Å². The number of carbonyl (C=O) groups is 1. The van der Waals surface area contributed by atoms with Crippen LogP contribution in [0.3, 0.4) is 0 Å². The molecular formula is C17H23NOS. The van der Waals surface area contributed by atoms with Gasteiger partial charge in [-0.2, -0.15) is 0 Å². The lowest BCUT2D eigenvalue weighted by molar-refractivity contribution is -0.109. The molecule has 0 N–H and O–H groups in total. The number of thioether (sulfide) groups is 1. The summed E-state index contributed by atoms with van der Waals surface area (Å²) in [7, 11) is 0. The van der Waals surface area contributed by atoms with E-state index in [4.69, 9.17) is 0 Å². The molecule has 0 saturated carbocycles. The van der Waals surface area contributed by atoms with Crippen molar-refractivity contribution in [2.24, 2.45) is 5.92 Å². The molecule has 0 amide bonds. The molecule has 2 nitrogen and oxygen atoms in total. The number of piperidine rings is 1. The third kappa shape index (κ3) is 3.26. The smallest absolute Gasteiger partial charge is 0.185 e. The van der Waals surface area contributed by atoms with Gasteiger partial charge in [0.1, 0.15) is 0 Å². The summed E-state index contributed by atoms with van der Waals surface area (Å²) in [6.07, 6.45) is 5.25. The van der Waals surface area contributed by atoms with Crippen molar-refractivity contribution in [2.75, 3.05) is 5.75 Å². The number of benzene rings is 1. The molecular weight excluding hydrogens is 266 g/mol. The highest BCUT2D eigenvalue weighted by Gasteiger charge is 2.40. The maximum Gasteiger partial charge on any atom is 0.185 e. The van der Waals surface area contributed by atoms with Crippen LogP contribution in [0.4, 0.5) is 0 Å². The van der Waals surface area contributed by atoms with Gasteiger partial charge in [0.05, 0.1) is 0 Å². The molecule has 3 heteroatoms. The summed E-state index contributed by atoms with van der Waals surface area (Å²) in [4.78, 5) is 13.8. The van der Waals surface area contributed by atoms with Gasteiger partial charge in [-0.15, -0.1) is 0 Å². The van der Waals surface area contributed by atoms with Gasteiger partial charge in [0.2, 0.25) is 0 Å². The Balaban J connectivity index is 1.59. The van der Waals surface area contributed by atoms with Crippen molar-refractivity contribution in [3.63, 3.8) is 0 Å². The Morgan fingerprint density at radius 2 is 1.85 bits per heavy atom. The molecule has 2 fully saturated rings. The second-order valence-electron chi connectivity index (χ2n) is 6.18. The van der Waals surface area contributed by atoms with Crippen LogP contribution >= 0.6 is 11.8 Å². The van der Waals surface area contributed by atoms with Crippen LogP contribution < -0.4 is 0 Å². The molecule has 1 aromatic rings. The lowest BCUT2D eigenvalue weighted by atomic mass is 9.92. The van der Waals surface area contributed by atoms with Crippen LogP contribution in [0, 0.1) is 5.92 Å². The highest BCUT2D eigenvalue weighted by molar-refractivity contribution is 8.13. The summed E-state index contributed by atoms with van der Waals surface area (Å²) in [5.41, 5.74) is 1.43. The second kappa shape index (κ2) is 6.31. The van der Waals surface area contributed by atoms with Gasteiger partial charge in [0.25, 0.3) is 0 Å². The zero-order valence-electron chi connectivity index (χ0n) is 12.1. The molecule has 2 atom stereocenters. The Morgan fingerprint density at radius 3 is 2.45 bits per heavy atom. The van der Waals surface area contributed by atoms with E-state index < -0.39 is 0 Å². The third-order valence-electron chi connectivity index (χ3n) is 4.71. The molecule has 2 saturated heterocycles. The zero-order chi connectivity index (χ0) is 13.9. The van der Waals surface area contributed by atoms with Crippen molar-refractivity contribution in [2.45, 2.75) is 51.2 Å². The normalized spacial score (nSPS) is 29.6. The molecule has 2 heterocycles. The van der Waals surface area contributed by atoms with Crippen LogP contribution in [-0.4, -0.2) is 27.9 Å². The van der Waals surface area contributed by atoms with Crippen LogP contribution in [-0.2, 0) is 11.3 Å². The van der Waals surface area contributed by atoms with Gasteiger partial charge in [-0.1, -0.05) is 42.1 Å². The first-order valence-electron chi connectivity index (χ1n) is 7.65.